The number of carbonyl (C=O) groups is 2. The molecule has 2 heterocycles. The van der Waals surface area contributed by atoms with Gasteiger partial charge in [-0.2, -0.15) is 0 Å². The highest BCUT2D eigenvalue weighted by atomic mass is 79.9. The largest absolute Gasteiger partial charge is 0.484 e. The Morgan fingerprint density at radius 2 is 2.00 bits per heavy atom. The lowest BCUT2D eigenvalue weighted by atomic mass is 9.97. The van der Waals surface area contributed by atoms with E-state index in [-0.39, 0.29) is 24.3 Å². The molecular weight excluding hydrogens is 434 g/mol. The van der Waals surface area contributed by atoms with Crippen LogP contribution in [0.25, 0.3) is 0 Å². The number of pyridine rings is 1. The number of rotatable bonds is 6. The standard InChI is InChI=1S/C22H26BrN3O3/c1-15(2)16-5-8-19(9-6-16)29-14-21(27)26-11-3-4-17(13-26)22(28)25-20-10-7-18(23)12-24-20/h5-10,12,15,17H,3-4,11,13-14H2,1-2H3,(H,24,25,28). The number of hydrogen-bond acceptors (Lipinski definition) is 4. The van der Waals surface area contributed by atoms with Crippen LogP contribution in [0.3, 0.4) is 0 Å². The molecule has 0 aliphatic carbocycles. The summed E-state index contributed by atoms with van der Waals surface area (Å²) < 4.78 is 6.50. The number of ether oxygens (including phenoxy) is 1. The van der Waals surface area contributed by atoms with Crippen molar-refractivity contribution in [2.24, 2.45) is 5.92 Å². The highest BCUT2D eigenvalue weighted by molar-refractivity contribution is 9.10. The Hall–Kier alpha value is -2.41. The molecule has 1 aliphatic rings. The summed E-state index contributed by atoms with van der Waals surface area (Å²) in [5.74, 6) is 1.18. The second-order valence-electron chi connectivity index (χ2n) is 7.54. The van der Waals surface area contributed by atoms with E-state index in [0.29, 0.717) is 30.6 Å². The van der Waals surface area contributed by atoms with Gasteiger partial charge in [0.15, 0.2) is 6.61 Å². The van der Waals surface area contributed by atoms with Crippen LogP contribution in [-0.4, -0.2) is 41.4 Å². The van der Waals surface area contributed by atoms with Crippen LogP contribution < -0.4 is 10.1 Å². The number of likely N-dealkylation sites (tertiary alicyclic amines) is 1. The number of carbonyl (C=O) groups excluding carboxylic acids is 2. The third-order valence-electron chi connectivity index (χ3n) is 5.03. The maximum atomic E-state index is 12.6. The molecule has 0 spiro atoms. The van der Waals surface area contributed by atoms with E-state index in [1.54, 1.807) is 17.2 Å². The summed E-state index contributed by atoms with van der Waals surface area (Å²) in [4.78, 5) is 31.0. The fourth-order valence-corrected chi connectivity index (χ4v) is 3.52. The van der Waals surface area contributed by atoms with E-state index in [2.05, 4.69) is 40.1 Å². The van der Waals surface area contributed by atoms with Crippen LogP contribution in [0.15, 0.2) is 47.1 Å². The van der Waals surface area contributed by atoms with Gasteiger partial charge in [-0.15, -0.1) is 0 Å². The number of nitrogens with one attached hydrogen (secondary N) is 1. The van der Waals surface area contributed by atoms with Crippen LogP contribution in [0, 0.1) is 5.92 Å². The zero-order chi connectivity index (χ0) is 20.8. The second kappa shape index (κ2) is 9.87. The molecule has 1 fully saturated rings. The second-order valence-corrected chi connectivity index (χ2v) is 8.46. The number of amides is 2. The molecule has 2 aromatic rings. The fourth-order valence-electron chi connectivity index (χ4n) is 3.28. The van der Waals surface area contributed by atoms with Gasteiger partial charge >= 0.3 is 0 Å². The topological polar surface area (TPSA) is 71.5 Å². The summed E-state index contributed by atoms with van der Waals surface area (Å²) in [6.07, 6.45) is 3.18. The monoisotopic (exact) mass is 459 g/mol. The quantitative estimate of drug-likeness (QED) is 0.701. The zero-order valence-electron chi connectivity index (χ0n) is 16.7. The first-order chi connectivity index (χ1) is 13.9. The van der Waals surface area contributed by atoms with E-state index in [1.165, 1.54) is 5.56 Å². The fraction of sp³-hybridized carbons (Fsp3) is 0.409. The van der Waals surface area contributed by atoms with Crippen molar-refractivity contribution in [2.75, 3.05) is 25.0 Å². The van der Waals surface area contributed by atoms with Gasteiger partial charge in [-0.1, -0.05) is 26.0 Å². The van der Waals surface area contributed by atoms with Crippen molar-refractivity contribution in [3.63, 3.8) is 0 Å². The van der Waals surface area contributed by atoms with Crippen LogP contribution in [-0.2, 0) is 9.59 Å². The van der Waals surface area contributed by atoms with E-state index >= 15 is 0 Å². The highest BCUT2D eigenvalue weighted by Gasteiger charge is 2.28. The molecule has 154 valence electrons. The molecule has 1 aliphatic heterocycles. The van der Waals surface area contributed by atoms with Crippen LogP contribution >= 0.6 is 15.9 Å². The Bertz CT molecular complexity index is 837. The Morgan fingerprint density at radius 1 is 1.24 bits per heavy atom. The normalized spacial score (nSPS) is 16.6. The molecule has 0 saturated carbocycles. The van der Waals surface area contributed by atoms with Crippen molar-refractivity contribution in [1.29, 1.82) is 0 Å². The third kappa shape index (κ3) is 6.03. The van der Waals surface area contributed by atoms with E-state index < -0.39 is 0 Å². The average molecular weight is 460 g/mol. The predicted molar refractivity (Wildman–Crippen MR) is 116 cm³/mol. The van der Waals surface area contributed by atoms with Gasteiger partial charge in [0.1, 0.15) is 11.6 Å². The Labute approximate surface area is 179 Å². The first-order valence-electron chi connectivity index (χ1n) is 9.85. The number of anilines is 1. The maximum absolute atomic E-state index is 12.6. The number of piperidine rings is 1. The van der Waals surface area contributed by atoms with E-state index in [0.717, 1.165) is 17.3 Å². The van der Waals surface area contributed by atoms with Gasteiger partial charge in [0, 0.05) is 23.8 Å². The summed E-state index contributed by atoms with van der Waals surface area (Å²) in [6.45, 7) is 5.29. The number of hydrogen-bond donors (Lipinski definition) is 1. The first-order valence-corrected chi connectivity index (χ1v) is 10.6. The van der Waals surface area contributed by atoms with Gasteiger partial charge in [-0.3, -0.25) is 9.59 Å². The van der Waals surface area contributed by atoms with Gasteiger partial charge in [0.2, 0.25) is 5.91 Å². The zero-order valence-corrected chi connectivity index (χ0v) is 18.3. The Kier molecular flexibility index (Phi) is 7.25. The van der Waals surface area contributed by atoms with Crippen LogP contribution in [0.5, 0.6) is 5.75 Å². The Balaban J connectivity index is 1.50. The summed E-state index contributed by atoms with van der Waals surface area (Å²) in [6, 6.07) is 11.4. The summed E-state index contributed by atoms with van der Waals surface area (Å²) in [7, 11) is 0. The van der Waals surface area contributed by atoms with Gasteiger partial charge in [-0.05, 0) is 64.5 Å². The molecule has 6 nitrogen and oxygen atoms in total. The summed E-state index contributed by atoms with van der Waals surface area (Å²) in [5, 5.41) is 2.83. The van der Waals surface area contributed by atoms with Gasteiger partial charge in [0.05, 0.1) is 5.92 Å². The van der Waals surface area contributed by atoms with Crippen molar-refractivity contribution in [3.8, 4) is 5.75 Å². The first kappa shape index (κ1) is 21.3. The number of benzene rings is 1. The SMILES string of the molecule is CC(C)c1ccc(OCC(=O)N2CCCC(C(=O)Nc3ccc(Br)cn3)C2)cc1. The lowest BCUT2D eigenvalue weighted by Crippen LogP contribution is -2.45. The summed E-state index contributed by atoms with van der Waals surface area (Å²) >= 11 is 3.32. The van der Waals surface area contributed by atoms with Crippen molar-refractivity contribution in [2.45, 2.75) is 32.6 Å². The smallest absolute Gasteiger partial charge is 0.260 e. The van der Waals surface area contributed by atoms with Crippen molar-refractivity contribution in [1.82, 2.24) is 9.88 Å². The number of halogens is 1. The molecule has 1 aromatic carbocycles. The lowest BCUT2D eigenvalue weighted by Gasteiger charge is -2.32. The minimum Gasteiger partial charge on any atom is -0.484 e. The van der Waals surface area contributed by atoms with E-state index in [1.807, 2.05) is 30.3 Å². The summed E-state index contributed by atoms with van der Waals surface area (Å²) in [5.41, 5.74) is 1.23. The van der Waals surface area contributed by atoms with E-state index in [9.17, 15) is 9.59 Å². The minimum absolute atomic E-state index is 0.0242. The van der Waals surface area contributed by atoms with Crippen molar-refractivity contribution >= 4 is 33.6 Å². The number of nitrogens with zero attached hydrogens (tertiary/aromatic N) is 2. The van der Waals surface area contributed by atoms with Crippen molar-refractivity contribution in [3.05, 3.63) is 52.6 Å². The van der Waals surface area contributed by atoms with E-state index in [4.69, 9.17) is 4.74 Å². The molecule has 1 atom stereocenters. The number of aromatic nitrogens is 1. The van der Waals surface area contributed by atoms with Gasteiger partial charge in [0.25, 0.3) is 5.91 Å². The lowest BCUT2D eigenvalue weighted by molar-refractivity contribution is -0.136. The molecule has 2 amide bonds. The molecule has 1 aromatic heterocycles. The molecule has 1 saturated heterocycles. The molecule has 1 unspecified atom stereocenters. The van der Waals surface area contributed by atoms with Crippen LogP contribution in [0.4, 0.5) is 5.82 Å². The van der Waals surface area contributed by atoms with Crippen LogP contribution in [0.2, 0.25) is 0 Å². The minimum atomic E-state index is -0.247. The van der Waals surface area contributed by atoms with Crippen LogP contribution in [0.1, 0.15) is 38.2 Å². The highest BCUT2D eigenvalue weighted by Crippen LogP contribution is 2.21. The molecule has 1 N–H and O–H groups in total. The molecule has 7 heteroatoms. The molecular formula is C22H26BrN3O3. The molecule has 29 heavy (non-hydrogen) atoms. The van der Waals surface area contributed by atoms with Gasteiger partial charge < -0.3 is 15.0 Å². The molecule has 0 radical (unpaired) electrons. The maximum Gasteiger partial charge on any atom is 0.260 e. The third-order valence-corrected chi connectivity index (χ3v) is 5.50. The Morgan fingerprint density at radius 3 is 2.66 bits per heavy atom. The van der Waals surface area contributed by atoms with Crippen molar-refractivity contribution < 1.29 is 14.3 Å². The molecule has 0 bridgehead atoms. The average Bonchev–Trinajstić information content (AvgIpc) is 2.74. The predicted octanol–water partition coefficient (Wildman–Crippen LogP) is 4.22. The van der Waals surface area contributed by atoms with Gasteiger partial charge in [-0.25, -0.2) is 4.98 Å². The molecule has 3 rings (SSSR count).